The quantitative estimate of drug-likeness (QED) is 0.279. The van der Waals surface area contributed by atoms with Gasteiger partial charge in [-0.3, -0.25) is 4.79 Å². The molecule has 0 bridgehead atoms. The van der Waals surface area contributed by atoms with Gasteiger partial charge in [-0.15, -0.1) is 0 Å². The minimum absolute atomic E-state index is 0.148. The lowest BCUT2D eigenvalue weighted by molar-refractivity contribution is -0.128. The molecule has 1 aromatic heterocycles. The van der Waals surface area contributed by atoms with Crippen LogP contribution in [0.1, 0.15) is 11.3 Å². The van der Waals surface area contributed by atoms with E-state index >= 15 is 0 Å². The van der Waals surface area contributed by atoms with E-state index in [1.54, 1.807) is 4.90 Å². The summed E-state index contributed by atoms with van der Waals surface area (Å²) in [6, 6.07) is 12.6. The number of hydrogen-bond acceptors (Lipinski definition) is 8. The summed E-state index contributed by atoms with van der Waals surface area (Å²) in [4.78, 5) is 34.6. The van der Waals surface area contributed by atoms with E-state index < -0.39 is 0 Å². The summed E-state index contributed by atoms with van der Waals surface area (Å²) in [6.45, 7) is 16.1. The van der Waals surface area contributed by atoms with Gasteiger partial charge in [0, 0.05) is 54.8 Å². The van der Waals surface area contributed by atoms with Crippen LogP contribution in [0, 0.1) is 12.5 Å². The molecule has 3 atom stereocenters. The summed E-state index contributed by atoms with van der Waals surface area (Å²) in [5, 5.41) is 2.86. The molecule has 1 unspecified atom stereocenters. The number of nitrogens with zero attached hydrogens (tertiary/aromatic N) is 7. The number of carbonyl (C=O) groups is 1. The van der Waals surface area contributed by atoms with Crippen LogP contribution in [0.15, 0.2) is 49.1 Å². The molecule has 11 heteroatoms. The van der Waals surface area contributed by atoms with Crippen molar-refractivity contribution >= 4 is 39.8 Å². The second-order valence-electron chi connectivity index (χ2n) is 11.9. The van der Waals surface area contributed by atoms with Crippen molar-refractivity contribution in [2.24, 2.45) is 5.92 Å². The van der Waals surface area contributed by atoms with E-state index in [9.17, 15) is 4.79 Å². The highest BCUT2D eigenvalue weighted by molar-refractivity contribution is 6.36. The Kier molecular flexibility index (Phi) is 8.89. The van der Waals surface area contributed by atoms with Crippen LogP contribution < -0.4 is 14.5 Å². The van der Waals surface area contributed by atoms with Crippen LogP contribution in [-0.2, 0) is 22.5 Å². The van der Waals surface area contributed by atoms with Crippen LogP contribution in [0.5, 0.6) is 6.01 Å². The van der Waals surface area contributed by atoms with Crippen LogP contribution in [0.3, 0.4) is 0 Å². The minimum Gasteiger partial charge on any atom is -0.463 e. The van der Waals surface area contributed by atoms with Gasteiger partial charge in [0.2, 0.25) is 12.5 Å². The van der Waals surface area contributed by atoms with Crippen LogP contribution >= 0.6 is 11.6 Å². The van der Waals surface area contributed by atoms with Crippen molar-refractivity contribution in [3.63, 3.8) is 0 Å². The number of amides is 1. The number of ether oxygens (including phenoxy) is 2. The van der Waals surface area contributed by atoms with E-state index in [1.807, 2.05) is 12.1 Å². The van der Waals surface area contributed by atoms with Crippen molar-refractivity contribution in [1.29, 1.82) is 0 Å². The molecule has 0 N–H and O–H groups in total. The van der Waals surface area contributed by atoms with Crippen LogP contribution in [-0.4, -0.2) is 104 Å². The summed E-state index contributed by atoms with van der Waals surface area (Å²) >= 11 is 6.71. The third kappa shape index (κ3) is 5.92. The minimum atomic E-state index is -0.254. The van der Waals surface area contributed by atoms with E-state index in [0.29, 0.717) is 52.0 Å². The van der Waals surface area contributed by atoms with Crippen LogP contribution in [0.2, 0.25) is 5.02 Å². The van der Waals surface area contributed by atoms with Crippen molar-refractivity contribution in [3.05, 3.63) is 76.8 Å². The first kappa shape index (κ1) is 30.1. The molecular weight excluding hydrogens is 578 g/mol. The number of fused-ring (bicyclic) bond motifs is 2. The zero-order valence-electron chi connectivity index (χ0n) is 25.3. The molecule has 0 radical (unpaired) electrons. The lowest BCUT2D eigenvalue weighted by Crippen LogP contribution is -2.56. The summed E-state index contributed by atoms with van der Waals surface area (Å²) in [5.74, 6) is 0.887. The number of piperazine rings is 1. The lowest BCUT2D eigenvalue weighted by Gasteiger charge is -2.41. The molecule has 10 nitrogen and oxygen atoms in total. The predicted molar refractivity (Wildman–Crippen MR) is 172 cm³/mol. The Morgan fingerprint density at radius 2 is 2.00 bits per heavy atom. The molecule has 4 heterocycles. The van der Waals surface area contributed by atoms with Gasteiger partial charge in [-0.2, -0.15) is 9.97 Å². The Hall–Kier alpha value is -3.91. The number of benzene rings is 2. The Balaban J connectivity index is 1.34. The molecule has 3 aliphatic heterocycles. The number of rotatable bonds is 8. The molecule has 2 aromatic carbocycles. The topological polar surface area (TPSA) is 78.6 Å². The molecular formula is C33H38ClN7O3. The third-order valence-corrected chi connectivity index (χ3v) is 9.31. The largest absolute Gasteiger partial charge is 0.463 e. The smallest absolute Gasteiger partial charge is 0.318 e. The molecule has 0 spiro atoms. The van der Waals surface area contributed by atoms with Crippen molar-refractivity contribution in [2.45, 2.75) is 25.0 Å². The van der Waals surface area contributed by atoms with Gasteiger partial charge in [-0.25, -0.2) is 6.57 Å². The predicted octanol–water partition coefficient (Wildman–Crippen LogP) is 3.92. The van der Waals surface area contributed by atoms with Crippen molar-refractivity contribution in [2.75, 3.05) is 76.4 Å². The molecule has 44 heavy (non-hydrogen) atoms. The lowest BCUT2D eigenvalue weighted by atomic mass is 10.0. The van der Waals surface area contributed by atoms with Gasteiger partial charge in [0.25, 0.3) is 0 Å². The SMILES string of the molecule is [C-]#[N+]CC1CN(c2nc(OC[C@H]3COC[C@@H]3N(C)C)nc3c2CCN(c2cccc4cccc(Cl)c24)C3)CCN1C(=O)C=C. The standard InChI is InChI=1S/C33H38ClN7O3/c1-5-30(42)41-15-14-40(17-24(41)16-35-2)32-25-12-13-39(28-11-7-9-22-8-6-10-26(34)31(22)28)18-27(25)36-33(37-32)44-20-23-19-43-21-29(23)38(3)4/h5-11,23-24,29H,1,12-21H2,3-4H3/t23-,24?,29+/m1/s1. The third-order valence-electron chi connectivity index (χ3n) is 8.99. The zero-order chi connectivity index (χ0) is 30.8. The van der Waals surface area contributed by atoms with Crippen molar-refractivity contribution < 1.29 is 14.3 Å². The van der Waals surface area contributed by atoms with Gasteiger partial charge in [0.1, 0.15) is 11.9 Å². The van der Waals surface area contributed by atoms with E-state index in [1.165, 1.54) is 6.08 Å². The van der Waals surface area contributed by atoms with Crippen molar-refractivity contribution in [1.82, 2.24) is 19.8 Å². The molecule has 1 amide bonds. The monoisotopic (exact) mass is 615 g/mol. The number of anilines is 2. The van der Waals surface area contributed by atoms with Crippen LogP contribution in [0.4, 0.5) is 11.5 Å². The second kappa shape index (κ2) is 13.0. The van der Waals surface area contributed by atoms with Gasteiger partial charge < -0.3 is 33.9 Å². The molecule has 0 saturated carbocycles. The maximum absolute atomic E-state index is 12.6. The van der Waals surface area contributed by atoms with Gasteiger partial charge >= 0.3 is 6.01 Å². The van der Waals surface area contributed by atoms with Gasteiger partial charge in [-0.1, -0.05) is 42.4 Å². The summed E-state index contributed by atoms with van der Waals surface area (Å²) in [5.41, 5.74) is 3.07. The summed E-state index contributed by atoms with van der Waals surface area (Å²) < 4.78 is 12.1. The van der Waals surface area contributed by atoms with Gasteiger partial charge in [-0.05, 0) is 44.1 Å². The Morgan fingerprint density at radius 1 is 1.18 bits per heavy atom. The molecule has 3 aliphatic rings. The molecule has 230 valence electrons. The Morgan fingerprint density at radius 3 is 2.77 bits per heavy atom. The first-order valence-electron chi connectivity index (χ1n) is 15.1. The van der Waals surface area contributed by atoms with E-state index in [4.69, 9.17) is 37.6 Å². The maximum Gasteiger partial charge on any atom is 0.318 e. The molecule has 2 saturated heterocycles. The summed E-state index contributed by atoms with van der Waals surface area (Å²) in [7, 11) is 4.12. The highest BCUT2D eigenvalue weighted by Gasteiger charge is 2.35. The maximum atomic E-state index is 12.6. The van der Waals surface area contributed by atoms with E-state index in [-0.39, 0.29) is 30.5 Å². The van der Waals surface area contributed by atoms with Crippen LogP contribution in [0.25, 0.3) is 15.6 Å². The zero-order valence-corrected chi connectivity index (χ0v) is 26.0. The van der Waals surface area contributed by atoms with Gasteiger partial charge in [0.15, 0.2) is 0 Å². The van der Waals surface area contributed by atoms with Crippen molar-refractivity contribution in [3.8, 4) is 6.01 Å². The first-order valence-corrected chi connectivity index (χ1v) is 15.5. The highest BCUT2D eigenvalue weighted by atomic mass is 35.5. The van der Waals surface area contributed by atoms with E-state index in [0.717, 1.165) is 51.5 Å². The fraction of sp³-hybridized carbons (Fsp3) is 0.455. The number of halogens is 1. The second-order valence-corrected chi connectivity index (χ2v) is 12.3. The molecule has 0 aliphatic carbocycles. The summed E-state index contributed by atoms with van der Waals surface area (Å²) in [6.07, 6.45) is 2.07. The number of carbonyl (C=O) groups excluding carboxylic acids is 1. The first-order chi connectivity index (χ1) is 21.4. The molecule has 3 aromatic rings. The number of likely N-dealkylation sites (N-methyl/N-ethyl adjacent to an activating group) is 1. The molecule has 2 fully saturated rings. The molecule has 6 rings (SSSR count). The normalized spacial score (nSPS) is 21.8. The number of aromatic nitrogens is 2. The Labute approximate surface area is 263 Å². The average Bonchev–Trinajstić information content (AvgIpc) is 3.52. The van der Waals surface area contributed by atoms with E-state index in [2.05, 4.69) is 64.5 Å². The fourth-order valence-corrected chi connectivity index (χ4v) is 6.95. The Bertz CT molecular complexity index is 1590. The highest BCUT2D eigenvalue weighted by Crippen LogP contribution is 2.37. The fourth-order valence-electron chi connectivity index (χ4n) is 6.68. The average molecular weight is 616 g/mol. The number of hydrogen-bond donors (Lipinski definition) is 0. The van der Waals surface area contributed by atoms with Gasteiger partial charge in [0.05, 0.1) is 37.1 Å².